The lowest BCUT2D eigenvalue weighted by molar-refractivity contribution is 0.101. The quantitative estimate of drug-likeness (QED) is 0.546. The van der Waals surface area contributed by atoms with Crippen molar-refractivity contribution in [1.82, 2.24) is 0 Å². The van der Waals surface area contributed by atoms with Crippen LogP contribution in [0.4, 0.5) is 5.69 Å². The molecule has 1 aliphatic rings. The predicted molar refractivity (Wildman–Crippen MR) is 111 cm³/mol. The maximum atomic E-state index is 13.2. The maximum Gasteiger partial charge on any atom is 0.263 e. The Morgan fingerprint density at radius 2 is 1.50 bits per heavy atom. The van der Waals surface area contributed by atoms with Crippen LogP contribution in [0.3, 0.4) is 0 Å². The molecule has 0 N–H and O–H groups in total. The van der Waals surface area contributed by atoms with Gasteiger partial charge in [0.05, 0.1) is 11.4 Å². The van der Waals surface area contributed by atoms with E-state index in [1.165, 1.54) is 5.56 Å². The summed E-state index contributed by atoms with van der Waals surface area (Å²) in [5, 5.41) is 0. The van der Waals surface area contributed by atoms with Gasteiger partial charge in [-0.2, -0.15) is 0 Å². The van der Waals surface area contributed by atoms with Crippen molar-refractivity contribution in [2.45, 2.75) is 11.8 Å². The van der Waals surface area contributed by atoms with E-state index in [4.69, 9.17) is 0 Å². The van der Waals surface area contributed by atoms with Gasteiger partial charge in [-0.25, -0.2) is 0 Å². The average molecular weight is 357 g/mol. The van der Waals surface area contributed by atoms with Crippen LogP contribution in [0, 0.1) is 6.92 Å². The number of carbonyl (C=O) groups excluding carboxylic acids is 1. The molecule has 3 aromatic rings. The zero-order chi connectivity index (χ0) is 18.1. The summed E-state index contributed by atoms with van der Waals surface area (Å²) in [6, 6.07) is 24.3. The number of carbonyl (C=O) groups is 1. The molecular formula is C23H19NOS. The number of fused-ring (bicyclic) bond motifs is 1. The van der Waals surface area contributed by atoms with Gasteiger partial charge >= 0.3 is 0 Å². The van der Waals surface area contributed by atoms with E-state index in [0.717, 1.165) is 33.0 Å². The lowest BCUT2D eigenvalue weighted by Gasteiger charge is -2.21. The molecule has 0 saturated carbocycles. The van der Waals surface area contributed by atoms with Crippen LogP contribution < -0.4 is 4.90 Å². The molecule has 0 aliphatic carbocycles. The van der Waals surface area contributed by atoms with Crippen molar-refractivity contribution in [3.63, 3.8) is 0 Å². The Labute approximate surface area is 158 Å². The molecule has 0 bridgehead atoms. The van der Waals surface area contributed by atoms with Crippen molar-refractivity contribution >= 4 is 35.1 Å². The van der Waals surface area contributed by atoms with E-state index < -0.39 is 0 Å². The molecule has 4 rings (SSSR count). The van der Waals surface area contributed by atoms with Gasteiger partial charge in [-0.1, -0.05) is 60.2 Å². The minimum Gasteiger partial charge on any atom is -0.275 e. The van der Waals surface area contributed by atoms with E-state index in [0.29, 0.717) is 0 Å². The number of para-hydroxylation sites is 1. The minimum absolute atomic E-state index is 0.0282. The number of amides is 1. The highest BCUT2D eigenvalue weighted by molar-refractivity contribution is 7.98. The summed E-state index contributed by atoms with van der Waals surface area (Å²) < 4.78 is 0. The molecule has 0 atom stereocenters. The summed E-state index contributed by atoms with van der Waals surface area (Å²) in [7, 11) is 0. The summed E-state index contributed by atoms with van der Waals surface area (Å²) in [5.74, 6) is 0.0282. The first-order valence-corrected chi connectivity index (χ1v) is 9.77. The van der Waals surface area contributed by atoms with Crippen LogP contribution in [0.5, 0.6) is 0 Å². The highest BCUT2D eigenvalue weighted by atomic mass is 32.2. The first-order valence-electron chi connectivity index (χ1n) is 8.54. The van der Waals surface area contributed by atoms with Crippen LogP contribution in [0.15, 0.2) is 77.7 Å². The molecule has 3 aromatic carbocycles. The van der Waals surface area contributed by atoms with Crippen LogP contribution in [-0.4, -0.2) is 12.2 Å². The molecule has 0 aromatic heterocycles. The molecule has 0 radical (unpaired) electrons. The minimum atomic E-state index is 0.0282. The van der Waals surface area contributed by atoms with Gasteiger partial charge < -0.3 is 0 Å². The fourth-order valence-electron chi connectivity index (χ4n) is 3.26. The van der Waals surface area contributed by atoms with Crippen LogP contribution in [-0.2, 0) is 0 Å². The van der Waals surface area contributed by atoms with Crippen molar-refractivity contribution in [3.05, 3.63) is 95.1 Å². The Kier molecular flexibility index (Phi) is 4.39. The lowest BCUT2D eigenvalue weighted by Crippen LogP contribution is -2.22. The molecule has 0 saturated heterocycles. The fraction of sp³-hybridized carbons (Fsp3) is 0.0870. The highest BCUT2D eigenvalue weighted by Gasteiger charge is 2.34. The van der Waals surface area contributed by atoms with Crippen LogP contribution in [0.2, 0.25) is 0 Å². The van der Waals surface area contributed by atoms with E-state index >= 15 is 0 Å². The standard InChI is InChI=1S/C23H19NOS/c1-16-11-13-17(14-12-16)15-21-18-7-3-4-8-19(18)23(25)24(21)20-9-5-6-10-22(20)26-2/h3-15H,1-2H3. The Balaban J connectivity index is 1.92. The van der Waals surface area contributed by atoms with Gasteiger partial charge in [0, 0.05) is 16.0 Å². The van der Waals surface area contributed by atoms with E-state index in [1.54, 1.807) is 11.8 Å². The predicted octanol–water partition coefficient (Wildman–Crippen LogP) is 5.88. The SMILES string of the molecule is CSc1ccccc1N1C(=O)c2ccccc2C1=Cc1ccc(C)cc1. The maximum absolute atomic E-state index is 13.2. The molecule has 1 amide bonds. The Bertz CT molecular complexity index is 1000. The summed E-state index contributed by atoms with van der Waals surface area (Å²) in [6.07, 6.45) is 4.14. The third-order valence-electron chi connectivity index (χ3n) is 4.58. The van der Waals surface area contributed by atoms with Crippen LogP contribution in [0.1, 0.15) is 27.0 Å². The number of hydrogen-bond donors (Lipinski definition) is 0. The van der Waals surface area contributed by atoms with Crippen molar-refractivity contribution in [1.29, 1.82) is 0 Å². The van der Waals surface area contributed by atoms with Crippen LogP contribution in [0.25, 0.3) is 11.8 Å². The highest BCUT2D eigenvalue weighted by Crippen LogP contribution is 2.41. The first-order chi connectivity index (χ1) is 12.7. The summed E-state index contributed by atoms with van der Waals surface area (Å²) in [6.45, 7) is 2.08. The van der Waals surface area contributed by atoms with E-state index in [9.17, 15) is 4.79 Å². The van der Waals surface area contributed by atoms with Gasteiger partial charge in [-0.3, -0.25) is 9.69 Å². The molecule has 0 unspecified atom stereocenters. The first kappa shape index (κ1) is 16.7. The van der Waals surface area contributed by atoms with E-state index in [1.807, 2.05) is 53.6 Å². The second-order valence-corrected chi connectivity index (χ2v) is 7.15. The summed E-state index contributed by atoms with van der Waals surface area (Å²) in [4.78, 5) is 16.1. The molecule has 1 aliphatic heterocycles. The van der Waals surface area contributed by atoms with Crippen molar-refractivity contribution in [2.24, 2.45) is 0 Å². The summed E-state index contributed by atoms with van der Waals surface area (Å²) >= 11 is 1.65. The Morgan fingerprint density at radius 1 is 0.846 bits per heavy atom. The van der Waals surface area contributed by atoms with Gasteiger partial charge in [-0.15, -0.1) is 11.8 Å². The Hall–Kier alpha value is -2.78. The molecule has 1 heterocycles. The summed E-state index contributed by atoms with van der Waals surface area (Å²) in [5.41, 5.74) is 5.90. The van der Waals surface area contributed by atoms with Gasteiger partial charge in [0.25, 0.3) is 5.91 Å². The number of benzene rings is 3. The third-order valence-corrected chi connectivity index (χ3v) is 5.37. The number of anilines is 1. The third kappa shape index (κ3) is 2.85. The monoisotopic (exact) mass is 357 g/mol. The zero-order valence-corrected chi connectivity index (χ0v) is 15.6. The Morgan fingerprint density at radius 3 is 2.23 bits per heavy atom. The lowest BCUT2D eigenvalue weighted by atomic mass is 10.1. The number of nitrogens with zero attached hydrogens (tertiary/aromatic N) is 1. The fourth-order valence-corrected chi connectivity index (χ4v) is 3.84. The second-order valence-electron chi connectivity index (χ2n) is 6.30. The smallest absolute Gasteiger partial charge is 0.263 e. The molecule has 128 valence electrons. The normalized spacial score (nSPS) is 14.8. The van der Waals surface area contributed by atoms with Gasteiger partial charge in [0.15, 0.2) is 0 Å². The zero-order valence-electron chi connectivity index (χ0n) is 14.8. The van der Waals surface area contributed by atoms with Crippen LogP contribution >= 0.6 is 11.8 Å². The van der Waals surface area contributed by atoms with E-state index in [2.05, 4.69) is 43.3 Å². The number of thioether (sulfide) groups is 1. The molecule has 0 spiro atoms. The average Bonchev–Trinajstić information content (AvgIpc) is 2.96. The van der Waals surface area contributed by atoms with Gasteiger partial charge in [0.1, 0.15) is 0 Å². The molecule has 0 fully saturated rings. The van der Waals surface area contributed by atoms with Gasteiger partial charge in [-0.05, 0) is 43.0 Å². The van der Waals surface area contributed by atoms with Crippen molar-refractivity contribution in [2.75, 3.05) is 11.2 Å². The molecular weight excluding hydrogens is 338 g/mol. The van der Waals surface area contributed by atoms with Crippen molar-refractivity contribution in [3.8, 4) is 0 Å². The largest absolute Gasteiger partial charge is 0.275 e. The topological polar surface area (TPSA) is 20.3 Å². The molecule has 26 heavy (non-hydrogen) atoms. The number of aryl methyl sites for hydroxylation is 1. The number of rotatable bonds is 3. The van der Waals surface area contributed by atoms with Gasteiger partial charge in [0.2, 0.25) is 0 Å². The number of hydrogen-bond acceptors (Lipinski definition) is 2. The van der Waals surface area contributed by atoms with Crippen molar-refractivity contribution < 1.29 is 4.79 Å². The molecule has 2 nitrogen and oxygen atoms in total. The second kappa shape index (κ2) is 6.85. The molecule has 3 heteroatoms. The van der Waals surface area contributed by atoms with E-state index in [-0.39, 0.29) is 5.91 Å².